The van der Waals surface area contributed by atoms with Crippen molar-refractivity contribution in [2.45, 2.75) is 30.9 Å². The van der Waals surface area contributed by atoms with Gasteiger partial charge in [0.25, 0.3) is 0 Å². The number of aromatic nitrogens is 2. The fourth-order valence-corrected chi connectivity index (χ4v) is 4.66. The molecule has 0 bridgehead atoms. The zero-order valence-corrected chi connectivity index (χ0v) is 19.8. The summed E-state index contributed by atoms with van der Waals surface area (Å²) >= 11 is 3.10. The largest absolute Gasteiger partial charge is 0.496 e. The number of carbonyl (C=O) groups is 2. The maximum absolute atomic E-state index is 12.2. The van der Waals surface area contributed by atoms with E-state index in [4.69, 9.17) is 4.74 Å². The highest BCUT2D eigenvalue weighted by Crippen LogP contribution is 2.30. The van der Waals surface area contributed by atoms with Crippen molar-refractivity contribution in [3.05, 3.63) is 63.7 Å². The first-order chi connectivity index (χ1) is 15.4. The summed E-state index contributed by atoms with van der Waals surface area (Å²) in [5, 5.41) is 15.6. The molecule has 2 aromatic carbocycles. The second-order valence-electron chi connectivity index (χ2n) is 6.87. The van der Waals surface area contributed by atoms with E-state index >= 15 is 0 Å². The van der Waals surface area contributed by atoms with E-state index in [0.29, 0.717) is 11.4 Å². The summed E-state index contributed by atoms with van der Waals surface area (Å²) in [6.07, 6.45) is 1.48. The molecule has 10 heteroatoms. The molecular weight excluding hydrogens is 446 g/mol. The van der Waals surface area contributed by atoms with Gasteiger partial charge in [0.05, 0.1) is 13.3 Å². The number of carbonyl (C=O) groups excluding carboxylic acids is 2. The lowest BCUT2D eigenvalue weighted by molar-refractivity contribution is -0.136. The van der Waals surface area contributed by atoms with Crippen LogP contribution in [0.5, 0.6) is 5.75 Å². The maximum atomic E-state index is 12.2. The quantitative estimate of drug-likeness (QED) is 0.236. The Hall–Kier alpha value is -3.24. The van der Waals surface area contributed by atoms with E-state index < -0.39 is 11.8 Å². The number of hydrazone groups is 1. The number of aryl methyl sites for hydroxylation is 3. The van der Waals surface area contributed by atoms with Crippen molar-refractivity contribution in [1.82, 2.24) is 15.6 Å². The fraction of sp³-hybridized carbons (Fsp3) is 0.227. The van der Waals surface area contributed by atoms with Gasteiger partial charge in [-0.1, -0.05) is 41.3 Å². The van der Waals surface area contributed by atoms with E-state index in [1.54, 1.807) is 18.9 Å². The topological polar surface area (TPSA) is 106 Å². The Kier molecular flexibility index (Phi) is 7.96. The highest BCUT2D eigenvalue weighted by atomic mass is 32.2. The Bertz CT molecular complexity index is 1140. The van der Waals surface area contributed by atoms with Gasteiger partial charge >= 0.3 is 11.8 Å². The van der Waals surface area contributed by atoms with Crippen LogP contribution in [0.15, 0.2) is 45.8 Å². The van der Waals surface area contributed by atoms with Crippen molar-refractivity contribution < 1.29 is 14.3 Å². The summed E-state index contributed by atoms with van der Waals surface area (Å²) in [6.45, 7) is 5.64. The minimum Gasteiger partial charge on any atom is -0.496 e. The molecule has 2 amide bonds. The minimum atomic E-state index is -0.847. The van der Waals surface area contributed by atoms with Crippen LogP contribution < -0.4 is 15.5 Å². The highest BCUT2D eigenvalue weighted by Gasteiger charge is 2.15. The number of amides is 2. The van der Waals surface area contributed by atoms with Crippen LogP contribution in [0, 0.1) is 20.8 Å². The summed E-state index contributed by atoms with van der Waals surface area (Å²) in [6, 6.07) is 11.2. The number of benzene rings is 2. The van der Waals surface area contributed by atoms with E-state index in [1.807, 2.05) is 57.2 Å². The van der Waals surface area contributed by atoms with Gasteiger partial charge in [-0.15, -0.1) is 10.2 Å². The van der Waals surface area contributed by atoms with Crippen LogP contribution in [-0.2, 0) is 15.3 Å². The van der Waals surface area contributed by atoms with Crippen LogP contribution in [0.1, 0.15) is 27.3 Å². The first-order valence-corrected chi connectivity index (χ1v) is 11.5. The van der Waals surface area contributed by atoms with Crippen LogP contribution >= 0.6 is 23.1 Å². The van der Waals surface area contributed by atoms with E-state index in [2.05, 4.69) is 26.0 Å². The number of para-hydroxylation sites is 1. The Balaban J connectivity index is 1.61. The van der Waals surface area contributed by atoms with Crippen LogP contribution in [0.2, 0.25) is 0 Å². The third kappa shape index (κ3) is 6.14. The average Bonchev–Trinajstić information content (AvgIpc) is 3.20. The van der Waals surface area contributed by atoms with Crippen LogP contribution in [0.4, 0.5) is 5.69 Å². The van der Waals surface area contributed by atoms with E-state index in [0.717, 1.165) is 37.4 Å². The molecular formula is C22H23N5O3S2. The van der Waals surface area contributed by atoms with Gasteiger partial charge in [0.1, 0.15) is 10.8 Å². The normalized spacial score (nSPS) is 10.9. The SMILES string of the molecule is COc1ccc(/C=N/NC(=O)C(=O)Nc2c(C)cccc2C)cc1CSc1nnc(C)s1. The van der Waals surface area contributed by atoms with Gasteiger partial charge in [-0.25, -0.2) is 5.43 Å². The van der Waals surface area contributed by atoms with Gasteiger partial charge in [-0.2, -0.15) is 5.10 Å². The van der Waals surface area contributed by atoms with Crippen LogP contribution in [-0.4, -0.2) is 35.3 Å². The number of rotatable bonds is 7. The first kappa shape index (κ1) is 23.4. The molecule has 3 aromatic rings. The molecule has 166 valence electrons. The van der Waals surface area contributed by atoms with Gasteiger partial charge in [0.2, 0.25) is 0 Å². The van der Waals surface area contributed by atoms with Gasteiger partial charge in [0, 0.05) is 17.0 Å². The molecule has 1 aromatic heterocycles. The second-order valence-corrected chi connectivity index (χ2v) is 9.27. The van der Waals surface area contributed by atoms with Crippen molar-refractivity contribution in [3.63, 3.8) is 0 Å². The van der Waals surface area contributed by atoms with E-state index in [1.165, 1.54) is 17.6 Å². The zero-order chi connectivity index (χ0) is 23.1. The smallest absolute Gasteiger partial charge is 0.329 e. The monoisotopic (exact) mass is 469 g/mol. The Morgan fingerprint density at radius 3 is 2.53 bits per heavy atom. The standard InChI is InChI=1S/C22H23N5O3S2/c1-13-6-5-7-14(2)19(13)24-20(28)21(29)26-23-11-16-8-9-18(30-4)17(10-16)12-31-22-27-25-15(3)32-22/h5-11H,12H2,1-4H3,(H,24,28)(H,26,29)/b23-11+. The van der Waals surface area contributed by atoms with Crippen LogP contribution in [0.3, 0.4) is 0 Å². The number of nitrogens with one attached hydrogen (secondary N) is 2. The van der Waals surface area contributed by atoms with Crippen LogP contribution in [0.25, 0.3) is 0 Å². The predicted octanol–water partition coefficient (Wildman–Crippen LogP) is 3.85. The molecule has 1 heterocycles. The van der Waals surface area contributed by atoms with Crippen molar-refractivity contribution in [3.8, 4) is 5.75 Å². The molecule has 0 aliphatic heterocycles. The van der Waals surface area contributed by atoms with Gasteiger partial charge in [-0.05, 0) is 55.7 Å². The Morgan fingerprint density at radius 1 is 1.12 bits per heavy atom. The van der Waals surface area contributed by atoms with E-state index in [-0.39, 0.29) is 0 Å². The first-order valence-electron chi connectivity index (χ1n) is 9.67. The number of thioether (sulfide) groups is 1. The van der Waals surface area contributed by atoms with E-state index in [9.17, 15) is 9.59 Å². The Morgan fingerprint density at radius 2 is 1.88 bits per heavy atom. The van der Waals surface area contributed by atoms with Gasteiger partial charge in [0.15, 0.2) is 4.34 Å². The number of ether oxygens (including phenoxy) is 1. The molecule has 32 heavy (non-hydrogen) atoms. The van der Waals surface area contributed by atoms with Crippen molar-refractivity contribution in [2.75, 3.05) is 12.4 Å². The number of hydrogen-bond donors (Lipinski definition) is 2. The molecule has 3 rings (SSSR count). The molecule has 0 radical (unpaired) electrons. The van der Waals surface area contributed by atoms with Gasteiger partial charge in [-0.3, -0.25) is 9.59 Å². The molecule has 2 N–H and O–H groups in total. The number of methoxy groups -OCH3 is 1. The number of nitrogens with zero attached hydrogens (tertiary/aromatic N) is 3. The average molecular weight is 470 g/mol. The highest BCUT2D eigenvalue weighted by molar-refractivity contribution is 8.00. The maximum Gasteiger partial charge on any atom is 0.329 e. The van der Waals surface area contributed by atoms with Gasteiger partial charge < -0.3 is 10.1 Å². The second kappa shape index (κ2) is 10.9. The third-order valence-corrected chi connectivity index (χ3v) is 6.49. The molecule has 0 fully saturated rings. The number of anilines is 1. The lowest BCUT2D eigenvalue weighted by Gasteiger charge is -2.10. The molecule has 0 saturated carbocycles. The summed E-state index contributed by atoms with van der Waals surface area (Å²) in [4.78, 5) is 24.3. The molecule has 0 atom stereocenters. The summed E-state index contributed by atoms with van der Waals surface area (Å²) in [7, 11) is 1.61. The summed E-state index contributed by atoms with van der Waals surface area (Å²) in [5.74, 6) is -0.240. The lowest BCUT2D eigenvalue weighted by atomic mass is 10.1. The molecule has 8 nitrogen and oxygen atoms in total. The Labute approximate surface area is 194 Å². The fourth-order valence-electron chi connectivity index (χ4n) is 2.87. The molecule has 0 saturated heterocycles. The molecule has 0 aliphatic carbocycles. The van der Waals surface area contributed by atoms with Crippen molar-refractivity contribution in [1.29, 1.82) is 0 Å². The lowest BCUT2D eigenvalue weighted by Crippen LogP contribution is -2.32. The number of hydrogen-bond acceptors (Lipinski definition) is 8. The molecule has 0 unspecified atom stereocenters. The predicted molar refractivity (Wildman–Crippen MR) is 127 cm³/mol. The summed E-state index contributed by atoms with van der Waals surface area (Å²) in [5.41, 5.74) is 6.35. The molecule has 0 aliphatic rings. The van der Waals surface area contributed by atoms with Crippen molar-refractivity contribution in [2.24, 2.45) is 5.10 Å². The molecule has 0 spiro atoms. The third-order valence-electron chi connectivity index (χ3n) is 4.47. The minimum absolute atomic E-state index is 0.625. The van der Waals surface area contributed by atoms with Crippen molar-refractivity contribution >= 4 is 46.8 Å². The summed E-state index contributed by atoms with van der Waals surface area (Å²) < 4.78 is 6.31. The zero-order valence-electron chi connectivity index (χ0n) is 18.1.